The number of halogens is 2. The molecule has 0 fully saturated rings. The van der Waals surface area contributed by atoms with Crippen LogP contribution in [-0.4, -0.2) is 13.0 Å². The van der Waals surface area contributed by atoms with Crippen molar-refractivity contribution in [3.05, 3.63) is 7.05 Å². The smallest absolute Gasteiger partial charge is 0.250 e. The second-order valence-corrected chi connectivity index (χ2v) is 0.845. The molecule has 0 aliphatic carbocycles. The van der Waals surface area contributed by atoms with E-state index in [1.165, 1.54) is 0 Å². The van der Waals surface area contributed by atoms with Gasteiger partial charge in [-0.2, -0.15) is 0 Å². The number of nitrogens with one attached hydrogen (secondary N) is 1. The fraction of sp³-hybridized carbons (Fsp3) is 0.667. The maximum absolute atomic E-state index is 10.9. The quantitative estimate of drug-likeness (QED) is 0.529. The Morgan fingerprint density at radius 3 is 2.17 bits per heavy atom. The molecule has 3 heteroatoms. The molecule has 0 saturated carbocycles. The lowest BCUT2D eigenvalue weighted by atomic mass is 10.7. The molecule has 0 rings (SSSR count). The van der Waals surface area contributed by atoms with Gasteiger partial charge in [-0.05, 0) is 0 Å². The summed E-state index contributed by atoms with van der Waals surface area (Å²) in [6.45, 7) is -0.319. The molecule has 0 aliphatic rings. The van der Waals surface area contributed by atoms with Crippen molar-refractivity contribution in [1.29, 1.82) is 0 Å². The van der Waals surface area contributed by atoms with Crippen molar-refractivity contribution in [3.63, 3.8) is 0 Å². The van der Waals surface area contributed by atoms with Crippen molar-refractivity contribution in [3.8, 4) is 0 Å². The highest BCUT2D eigenvalue weighted by Gasteiger charge is 1.95. The highest BCUT2D eigenvalue weighted by Crippen LogP contribution is 1.85. The monoisotopic (exact) mass is 94.0 g/mol. The van der Waals surface area contributed by atoms with Crippen LogP contribution in [0, 0.1) is 7.05 Å². The van der Waals surface area contributed by atoms with Crippen molar-refractivity contribution in [1.82, 2.24) is 5.32 Å². The van der Waals surface area contributed by atoms with Crippen LogP contribution >= 0.6 is 0 Å². The first-order valence-electron chi connectivity index (χ1n) is 1.55. The van der Waals surface area contributed by atoms with Crippen LogP contribution in [0.5, 0.6) is 0 Å². The van der Waals surface area contributed by atoms with Gasteiger partial charge >= 0.3 is 0 Å². The molecule has 1 N–H and O–H groups in total. The Bertz CT molecular complexity index is 30.0. The second-order valence-electron chi connectivity index (χ2n) is 0.845. The molecule has 0 heterocycles. The highest BCUT2D eigenvalue weighted by atomic mass is 19.3. The van der Waals surface area contributed by atoms with E-state index in [2.05, 4.69) is 12.4 Å². The molecule has 0 atom stereocenters. The third kappa shape index (κ3) is 3.82. The summed E-state index contributed by atoms with van der Waals surface area (Å²) in [4.78, 5) is 0. The summed E-state index contributed by atoms with van der Waals surface area (Å²) in [5.74, 6) is 0. The van der Waals surface area contributed by atoms with Crippen LogP contribution in [0.15, 0.2) is 0 Å². The molecular weight excluding hydrogens is 88.0 g/mol. The Kier molecular flexibility index (Phi) is 2.94. The van der Waals surface area contributed by atoms with Crippen molar-refractivity contribution < 1.29 is 8.78 Å². The predicted molar refractivity (Wildman–Crippen MR) is 19.4 cm³/mol. The normalized spacial score (nSPS) is 10.0. The zero-order chi connectivity index (χ0) is 4.99. The first-order chi connectivity index (χ1) is 2.77. The molecule has 37 valence electrons. The maximum Gasteiger partial charge on any atom is 0.250 e. The lowest BCUT2D eigenvalue weighted by Gasteiger charge is -1.90. The van der Waals surface area contributed by atoms with E-state index in [0.717, 1.165) is 0 Å². The molecule has 0 amide bonds. The minimum atomic E-state index is -2.28. The van der Waals surface area contributed by atoms with E-state index in [1.807, 2.05) is 0 Å². The minimum absolute atomic E-state index is 0.319. The lowest BCUT2D eigenvalue weighted by Crippen LogP contribution is -2.12. The minimum Gasteiger partial charge on any atom is -0.310 e. The molecule has 0 unspecified atom stereocenters. The van der Waals surface area contributed by atoms with Crippen molar-refractivity contribution in [2.45, 2.75) is 6.43 Å². The van der Waals surface area contributed by atoms with E-state index < -0.39 is 6.43 Å². The second kappa shape index (κ2) is 3.03. The zero-order valence-corrected chi connectivity index (χ0v) is 3.25. The van der Waals surface area contributed by atoms with Crippen LogP contribution in [0.25, 0.3) is 0 Å². The van der Waals surface area contributed by atoms with E-state index in [0.29, 0.717) is 0 Å². The van der Waals surface area contributed by atoms with Gasteiger partial charge in [0.1, 0.15) is 0 Å². The zero-order valence-electron chi connectivity index (χ0n) is 3.25. The lowest BCUT2D eigenvalue weighted by molar-refractivity contribution is 0.150. The van der Waals surface area contributed by atoms with Crippen LogP contribution in [0.3, 0.4) is 0 Å². The molecule has 0 aromatic rings. The summed E-state index contributed by atoms with van der Waals surface area (Å²) in [6, 6.07) is 0. The third-order valence-corrected chi connectivity index (χ3v) is 0.299. The highest BCUT2D eigenvalue weighted by molar-refractivity contribution is 4.41. The Morgan fingerprint density at radius 1 is 1.67 bits per heavy atom. The average molecular weight is 94.1 g/mol. The van der Waals surface area contributed by atoms with Crippen molar-refractivity contribution >= 4 is 0 Å². The summed E-state index contributed by atoms with van der Waals surface area (Å²) in [6.07, 6.45) is -2.28. The van der Waals surface area contributed by atoms with E-state index >= 15 is 0 Å². The molecule has 0 aliphatic heterocycles. The van der Waals surface area contributed by atoms with E-state index in [9.17, 15) is 8.78 Å². The Hall–Kier alpha value is -0.180. The van der Waals surface area contributed by atoms with Gasteiger partial charge in [0.25, 0.3) is 6.43 Å². The van der Waals surface area contributed by atoms with Gasteiger partial charge in [-0.1, -0.05) is 0 Å². The SMILES string of the molecule is [CH2]NCC(F)F. The molecular formula is C3H6F2N. The molecule has 0 bridgehead atoms. The number of alkyl halides is 2. The molecule has 0 aromatic carbocycles. The summed E-state index contributed by atoms with van der Waals surface area (Å²) >= 11 is 0. The summed E-state index contributed by atoms with van der Waals surface area (Å²) < 4.78 is 21.9. The van der Waals surface area contributed by atoms with Gasteiger partial charge < -0.3 is 5.32 Å². The Labute approximate surface area is 35.4 Å². The molecule has 0 saturated heterocycles. The van der Waals surface area contributed by atoms with Crippen LogP contribution in [-0.2, 0) is 0 Å². The van der Waals surface area contributed by atoms with Gasteiger partial charge in [-0.3, -0.25) is 0 Å². The fourth-order valence-electron chi connectivity index (χ4n) is 0.109. The van der Waals surface area contributed by atoms with Gasteiger partial charge in [-0.15, -0.1) is 0 Å². The Morgan fingerprint density at radius 2 is 2.17 bits per heavy atom. The fourth-order valence-corrected chi connectivity index (χ4v) is 0.109. The van der Waals surface area contributed by atoms with Crippen LogP contribution < -0.4 is 5.32 Å². The number of rotatable bonds is 2. The standard InChI is InChI=1S/C3H6F2N/c1-6-2-3(4)5/h3,6H,1-2H2. The average Bonchev–Trinajstić information content (AvgIpc) is 1.35. The molecule has 0 spiro atoms. The van der Waals surface area contributed by atoms with Crippen LogP contribution in [0.4, 0.5) is 8.78 Å². The van der Waals surface area contributed by atoms with Crippen molar-refractivity contribution in [2.24, 2.45) is 0 Å². The largest absolute Gasteiger partial charge is 0.310 e. The van der Waals surface area contributed by atoms with Crippen molar-refractivity contribution in [2.75, 3.05) is 6.54 Å². The first-order valence-corrected chi connectivity index (χ1v) is 1.55. The van der Waals surface area contributed by atoms with E-state index in [-0.39, 0.29) is 6.54 Å². The molecule has 1 nitrogen and oxygen atoms in total. The first kappa shape index (κ1) is 5.82. The van der Waals surface area contributed by atoms with E-state index in [4.69, 9.17) is 0 Å². The third-order valence-electron chi connectivity index (χ3n) is 0.299. The van der Waals surface area contributed by atoms with Gasteiger partial charge in [0.2, 0.25) is 0 Å². The van der Waals surface area contributed by atoms with Gasteiger partial charge in [0.05, 0.1) is 6.54 Å². The summed E-state index contributed by atoms with van der Waals surface area (Å²) in [7, 11) is 3.00. The van der Waals surface area contributed by atoms with Gasteiger partial charge in [-0.25, -0.2) is 8.78 Å². The molecule has 6 heavy (non-hydrogen) atoms. The topological polar surface area (TPSA) is 12.0 Å². The number of hydrogen-bond acceptors (Lipinski definition) is 1. The van der Waals surface area contributed by atoms with Gasteiger partial charge in [0.15, 0.2) is 0 Å². The molecule has 0 aromatic heterocycles. The van der Waals surface area contributed by atoms with Gasteiger partial charge in [0, 0.05) is 7.05 Å². The maximum atomic E-state index is 10.9. The van der Waals surface area contributed by atoms with Crippen LogP contribution in [0.1, 0.15) is 0 Å². The summed E-state index contributed by atoms with van der Waals surface area (Å²) in [5, 5.41) is 2.07. The number of hydrogen-bond donors (Lipinski definition) is 1. The van der Waals surface area contributed by atoms with Crippen LogP contribution in [0.2, 0.25) is 0 Å². The Balaban J connectivity index is 2.63. The summed E-state index contributed by atoms with van der Waals surface area (Å²) in [5.41, 5.74) is 0. The molecule has 1 radical (unpaired) electrons. The predicted octanol–water partition coefficient (Wildman–Crippen LogP) is 0.633. The van der Waals surface area contributed by atoms with E-state index in [1.54, 1.807) is 0 Å².